The van der Waals surface area contributed by atoms with Crippen LogP contribution >= 0.6 is 0 Å². The fourth-order valence-corrected chi connectivity index (χ4v) is 5.62. The first kappa shape index (κ1) is 25.3. The van der Waals surface area contributed by atoms with Crippen LogP contribution in [0.3, 0.4) is 0 Å². The lowest BCUT2D eigenvalue weighted by atomic mass is 9.91. The predicted molar refractivity (Wildman–Crippen MR) is 142 cm³/mol. The summed E-state index contributed by atoms with van der Waals surface area (Å²) in [5.41, 5.74) is 3.18. The summed E-state index contributed by atoms with van der Waals surface area (Å²) in [6.07, 6.45) is -1.29. The lowest BCUT2D eigenvalue weighted by Gasteiger charge is -2.37. The lowest BCUT2D eigenvalue weighted by Crippen LogP contribution is -2.52. The van der Waals surface area contributed by atoms with Crippen molar-refractivity contribution in [2.75, 3.05) is 0 Å². The number of aliphatic hydroxyl groups is 1. The minimum absolute atomic E-state index is 0.0102. The molecule has 4 heteroatoms. The van der Waals surface area contributed by atoms with Gasteiger partial charge in [0.1, 0.15) is 6.17 Å². The van der Waals surface area contributed by atoms with Gasteiger partial charge in [0.05, 0.1) is 18.2 Å². The molecule has 1 N–H and O–H groups in total. The topological polar surface area (TPSA) is 43.8 Å². The summed E-state index contributed by atoms with van der Waals surface area (Å²) in [7, 11) is 0. The zero-order valence-electron chi connectivity index (χ0n) is 21.5. The summed E-state index contributed by atoms with van der Waals surface area (Å²) in [4.78, 5) is 19.0. The molecule has 0 unspecified atom stereocenters. The van der Waals surface area contributed by atoms with E-state index in [-0.39, 0.29) is 30.0 Å². The van der Waals surface area contributed by atoms with Crippen molar-refractivity contribution in [1.29, 1.82) is 0 Å². The van der Waals surface area contributed by atoms with Gasteiger partial charge in [-0.05, 0) is 44.4 Å². The van der Waals surface area contributed by atoms with E-state index in [4.69, 9.17) is 0 Å². The van der Waals surface area contributed by atoms with E-state index >= 15 is 0 Å². The first-order valence-electron chi connectivity index (χ1n) is 12.7. The predicted octanol–water partition coefficient (Wildman–Crippen LogP) is 6.17. The van der Waals surface area contributed by atoms with Crippen molar-refractivity contribution in [3.05, 3.63) is 108 Å². The third kappa shape index (κ3) is 4.97. The Balaban J connectivity index is 1.83. The molecule has 35 heavy (non-hydrogen) atoms. The van der Waals surface area contributed by atoms with Gasteiger partial charge in [-0.25, -0.2) is 0 Å². The summed E-state index contributed by atoms with van der Waals surface area (Å²) in [5.74, 6) is -0.487. The summed E-state index contributed by atoms with van der Waals surface area (Å²) in [5, 5.41) is 11.2. The molecule has 1 saturated heterocycles. The number of benzene rings is 3. The zero-order chi connectivity index (χ0) is 25.1. The number of Topliss-reactive ketones (excluding diaryl/α,β-unsaturated/α-hetero) is 1. The maximum atomic E-state index is 14.3. The number of hydrogen-bond acceptors (Lipinski definition) is 4. The van der Waals surface area contributed by atoms with Crippen LogP contribution in [-0.2, 0) is 4.79 Å². The van der Waals surface area contributed by atoms with Crippen LogP contribution in [0.2, 0.25) is 0 Å². The Hall–Kier alpha value is -2.79. The maximum absolute atomic E-state index is 14.3. The highest BCUT2D eigenvalue weighted by molar-refractivity contribution is 5.87. The van der Waals surface area contributed by atoms with E-state index in [1.54, 1.807) is 0 Å². The number of carbonyl (C=O) groups is 1. The number of ketones is 1. The Morgan fingerprint density at radius 1 is 0.657 bits per heavy atom. The van der Waals surface area contributed by atoms with Crippen LogP contribution in [0.1, 0.15) is 69.5 Å². The molecule has 4 nitrogen and oxygen atoms in total. The third-order valence-corrected chi connectivity index (χ3v) is 7.30. The molecule has 0 spiro atoms. The number of rotatable bonds is 8. The molecule has 4 atom stereocenters. The number of nitrogens with zero attached hydrogens (tertiary/aromatic N) is 2. The van der Waals surface area contributed by atoms with Crippen LogP contribution in [0, 0.1) is 5.92 Å². The highest BCUT2D eigenvalue weighted by atomic mass is 16.3. The first-order valence-corrected chi connectivity index (χ1v) is 12.7. The molecule has 0 aliphatic carbocycles. The number of carbonyl (C=O) groups excluding carboxylic acids is 1. The van der Waals surface area contributed by atoms with Gasteiger partial charge in [0.15, 0.2) is 5.78 Å². The van der Waals surface area contributed by atoms with E-state index in [0.29, 0.717) is 0 Å². The molecular formula is C31H38N2O2. The van der Waals surface area contributed by atoms with Crippen LogP contribution in [0.25, 0.3) is 0 Å². The number of aliphatic hydroxyl groups excluding tert-OH is 1. The largest absolute Gasteiger partial charge is 0.388 e. The Morgan fingerprint density at radius 2 is 1.03 bits per heavy atom. The fourth-order valence-electron chi connectivity index (χ4n) is 5.62. The molecule has 1 aliphatic heterocycles. The maximum Gasteiger partial charge on any atom is 0.170 e. The molecule has 0 radical (unpaired) electrons. The van der Waals surface area contributed by atoms with Gasteiger partial charge < -0.3 is 5.11 Å². The second kappa shape index (κ2) is 10.9. The average molecular weight is 471 g/mol. The van der Waals surface area contributed by atoms with Gasteiger partial charge in [0.25, 0.3) is 0 Å². The Kier molecular flexibility index (Phi) is 7.85. The molecule has 4 rings (SSSR count). The average Bonchev–Trinajstić information content (AvgIpc) is 3.26. The van der Waals surface area contributed by atoms with E-state index < -0.39 is 18.2 Å². The van der Waals surface area contributed by atoms with Gasteiger partial charge in [0.2, 0.25) is 0 Å². The molecule has 1 aliphatic rings. The van der Waals surface area contributed by atoms with Crippen molar-refractivity contribution in [3.8, 4) is 0 Å². The molecule has 3 aromatic rings. The lowest BCUT2D eigenvalue weighted by molar-refractivity contribution is -0.137. The number of hydrogen-bond donors (Lipinski definition) is 1. The zero-order valence-corrected chi connectivity index (χ0v) is 21.5. The summed E-state index contributed by atoms with van der Waals surface area (Å²) >= 11 is 0. The smallest absolute Gasteiger partial charge is 0.170 e. The van der Waals surface area contributed by atoms with Gasteiger partial charge in [-0.1, -0.05) is 97.9 Å². The molecule has 0 amide bonds. The van der Waals surface area contributed by atoms with Crippen molar-refractivity contribution in [1.82, 2.24) is 9.80 Å². The van der Waals surface area contributed by atoms with Gasteiger partial charge >= 0.3 is 0 Å². The van der Waals surface area contributed by atoms with E-state index in [9.17, 15) is 9.90 Å². The van der Waals surface area contributed by atoms with Crippen LogP contribution in [-0.4, -0.2) is 38.9 Å². The van der Waals surface area contributed by atoms with Crippen LogP contribution in [0.5, 0.6) is 0 Å². The minimum Gasteiger partial charge on any atom is -0.388 e. The normalized spacial score (nSPS) is 21.5. The Bertz CT molecular complexity index is 1030. The molecular weight excluding hydrogens is 432 g/mol. The molecule has 1 heterocycles. The van der Waals surface area contributed by atoms with E-state index in [2.05, 4.69) is 86.0 Å². The van der Waals surface area contributed by atoms with Crippen LogP contribution in [0.15, 0.2) is 91.0 Å². The quantitative estimate of drug-likeness (QED) is 0.428. The highest BCUT2D eigenvalue weighted by Crippen LogP contribution is 2.50. The first-order chi connectivity index (χ1) is 16.8. The van der Waals surface area contributed by atoms with Gasteiger partial charge in [-0.15, -0.1) is 0 Å². The molecule has 0 bridgehead atoms. The minimum atomic E-state index is -0.849. The van der Waals surface area contributed by atoms with Gasteiger partial charge in [-0.3, -0.25) is 14.6 Å². The van der Waals surface area contributed by atoms with Crippen molar-refractivity contribution in [2.24, 2.45) is 5.92 Å². The third-order valence-electron chi connectivity index (χ3n) is 7.30. The Labute approximate surface area is 210 Å². The SMILES string of the molecule is CC(C)N1C(C(=O)[C@H](C)[C@H](O)c2ccccc2)N(C(C)C)[C@H](c2ccccc2)[C@H]1c1ccccc1. The van der Waals surface area contributed by atoms with E-state index in [1.165, 1.54) is 11.1 Å². The molecule has 0 saturated carbocycles. The highest BCUT2D eigenvalue weighted by Gasteiger charge is 2.53. The van der Waals surface area contributed by atoms with Crippen LogP contribution < -0.4 is 0 Å². The second-order valence-electron chi connectivity index (χ2n) is 10.2. The summed E-state index contributed by atoms with van der Waals surface area (Å²) in [6.45, 7) is 10.5. The second-order valence-corrected chi connectivity index (χ2v) is 10.2. The molecule has 1 fully saturated rings. The molecule has 3 aromatic carbocycles. The van der Waals surface area contributed by atoms with Crippen LogP contribution in [0.4, 0.5) is 0 Å². The van der Waals surface area contributed by atoms with Crippen molar-refractivity contribution in [3.63, 3.8) is 0 Å². The Morgan fingerprint density at radius 3 is 1.40 bits per heavy atom. The monoisotopic (exact) mass is 470 g/mol. The van der Waals surface area contributed by atoms with Crippen molar-refractivity contribution >= 4 is 5.78 Å². The molecule has 184 valence electrons. The van der Waals surface area contributed by atoms with Crippen molar-refractivity contribution < 1.29 is 9.90 Å². The van der Waals surface area contributed by atoms with Crippen molar-refractivity contribution in [2.45, 2.75) is 71.1 Å². The van der Waals surface area contributed by atoms with Gasteiger partial charge in [0, 0.05) is 18.0 Å². The van der Waals surface area contributed by atoms with Gasteiger partial charge in [-0.2, -0.15) is 0 Å². The standard InChI is InChI=1S/C31H38N2O2/c1-21(2)32-27(24-15-9-6-10-16-24)28(25-17-11-7-12-18-25)33(22(3)4)31(32)30(35)23(5)29(34)26-19-13-8-14-20-26/h6-23,27-29,31,34H,1-5H3/t23-,27-,28-,29+/m1/s1. The summed E-state index contributed by atoms with van der Waals surface area (Å²) < 4.78 is 0. The fraction of sp³-hybridized carbons (Fsp3) is 0.387. The summed E-state index contributed by atoms with van der Waals surface area (Å²) in [6, 6.07) is 30.9. The van der Waals surface area contributed by atoms with E-state index in [0.717, 1.165) is 5.56 Å². The van der Waals surface area contributed by atoms with E-state index in [1.807, 2.05) is 49.4 Å². The molecule has 0 aromatic heterocycles.